The molecule has 15 nitrogen and oxygen atoms in total. The summed E-state index contributed by atoms with van der Waals surface area (Å²) < 4.78 is 24.5. The maximum absolute atomic E-state index is 11.3. The number of nitrogens with zero attached hydrogens (tertiary/aromatic N) is 1. The molecule has 0 atom stereocenters. The molecule has 0 aliphatic carbocycles. The second-order valence-electron chi connectivity index (χ2n) is 31.1. The summed E-state index contributed by atoms with van der Waals surface area (Å²) >= 11 is 0. The molecule has 530 valence electrons. The number of rotatable bonds is 6. The maximum atomic E-state index is 11.3. The van der Waals surface area contributed by atoms with Crippen LogP contribution < -0.4 is 15.4 Å². The zero-order valence-electron chi connectivity index (χ0n) is 62.9. The van der Waals surface area contributed by atoms with Crippen LogP contribution in [0.25, 0.3) is 0 Å². The molecule has 0 fully saturated rings. The fourth-order valence-corrected chi connectivity index (χ4v) is 9.54. The van der Waals surface area contributed by atoms with Crippen LogP contribution >= 0.6 is 0 Å². The molecule has 1 aliphatic rings. The minimum absolute atomic E-state index is 0.00696. The summed E-state index contributed by atoms with van der Waals surface area (Å²) in [4.78, 5) is 25.9. The molecule has 0 saturated carbocycles. The van der Waals surface area contributed by atoms with Crippen molar-refractivity contribution in [3.63, 3.8) is 0 Å². The summed E-state index contributed by atoms with van der Waals surface area (Å²) in [7, 11) is -3.37. The molecule has 7 aromatic rings. The third-order valence-electron chi connectivity index (χ3n) is 15.2. The van der Waals surface area contributed by atoms with Gasteiger partial charge in [-0.3, -0.25) is 19.3 Å². The smallest absolute Gasteiger partial charge is 0.229 e. The van der Waals surface area contributed by atoms with Crippen molar-refractivity contribution in [3.8, 4) is 28.7 Å². The largest absolute Gasteiger partial charge is 0.508 e. The number of carbonyl (C=O) groups excluding carboxylic acids is 2. The van der Waals surface area contributed by atoms with E-state index in [9.17, 15) is 43.5 Å². The van der Waals surface area contributed by atoms with Gasteiger partial charge in [-0.1, -0.05) is 220 Å². The topological polar surface area (TPSA) is 259 Å². The van der Waals surface area contributed by atoms with Crippen molar-refractivity contribution in [3.05, 3.63) is 194 Å². The fraction of sp³-hybridized carbons (Fsp3) is 0.463. The van der Waals surface area contributed by atoms with Gasteiger partial charge in [0.05, 0.1) is 43.0 Å². The summed E-state index contributed by atoms with van der Waals surface area (Å²) in [5, 5.41) is 70.3. The number of aromatic nitrogens is 1. The van der Waals surface area contributed by atoms with Crippen LogP contribution in [0, 0.1) is 20.8 Å². The molecule has 1 aliphatic heterocycles. The minimum atomic E-state index is -3.37. The van der Waals surface area contributed by atoms with E-state index in [-0.39, 0.29) is 85.7 Å². The lowest BCUT2D eigenvalue weighted by Crippen LogP contribution is -2.14. The number of amides is 2. The number of aliphatic hydroxyl groups excluding tert-OH is 2. The standard InChI is InChI=1S/C12H15NO.C12H18O.C11H17NO3S.C11H15NO2.C11H17NO.C11H16O.C10H14O2.C2H6/c1-12(2,3)9-5-4-6-10-8(9)7-11(14)13-10;1-9-5-6-11(12(2,3)4)7-10(9)8-13;1-11(2,3)8-5-6-10(13)9(7-8)12-16(4,14)15;1-11(2,3)8-4-5-10(14)9(6-8)12-7-13;1-8-5-6-10(11(2,3)4)12-9(8)7-13;1-8-5-6-9(7-10(8)12)11(2,3)4;1-10(2,3)7-4-8(11)6-9(12)5-7;1-2/h4-6H,7H2,1-3H3,(H,13,14);5-7,13H,8H2,1-4H3;5-7,12-13H,1-4H3;4-7,14H,1-3H3,(H,12,13);5-6,13H,7H2,1-4H3;5-7,12H,1-4H3;4-6,11-12H,1-3H3;1-2H3. The van der Waals surface area contributed by atoms with Gasteiger partial charge in [-0.05, 0) is 169 Å². The summed E-state index contributed by atoms with van der Waals surface area (Å²) in [6, 6.07) is 37.1. The molecule has 10 N–H and O–H groups in total. The molecule has 0 unspecified atom stereocenters. The number of nitrogens with one attached hydrogen (secondary N) is 3. The highest BCUT2D eigenvalue weighted by atomic mass is 32.2. The number of anilines is 3. The van der Waals surface area contributed by atoms with Gasteiger partial charge < -0.3 is 46.4 Å². The number of pyridine rings is 1. The van der Waals surface area contributed by atoms with Gasteiger partial charge in [-0.2, -0.15) is 0 Å². The molecule has 8 rings (SSSR count). The number of aromatic hydroxyl groups is 5. The van der Waals surface area contributed by atoms with Crippen LogP contribution in [0.3, 0.4) is 0 Å². The molecular formula is C80H118N4O11S. The second kappa shape index (κ2) is 35.9. The van der Waals surface area contributed by atoms with Crippen LogP contribution in [0.5, 0.6) is 28.7 Å². The van der Waals surface area contributed by atoms with Crippen LogP contribution in [-0.4, -0.2) is 67.7 Å². The van der Waals surface area contributed by atoms with E-state index in [1.807, 2.05) is 119 Å². The summed E-state index contributed by atoms with van der Waals surface area (Å²) in [5.74, 6) is 0.738. The van der Waals surface area contributed by atoms with Gasteiger partial charge >= 0.3 is 0 Å². The monoisotopic (exact) mass is 1340 g/mol. The van der Waals surface area contributed by atoms with Crippen molar-refractivity contribution in [1.29, 1.82) is 0 Å². The number of hydrogen-bond donors (Lipinski definition) is 10. The van der Waals surface area contributed by atoms with Crippen LogP contribution in [0.15, 0.2) is 121 Å². The number of phenolic OH excluding ortho intramolecular Hbond substituents is 5. The lowest BCUT2D eigenvalue weighted by Gasteiger charge is -2.21. The van der Waals surface area contributed by atoms with Gasteiger partial charge in [-0.25, -0.2) is 8.42 Å². The Morgan fingerprint density at radius 3 is 1.32 bits per heavy atom. The number of fused-ring (bicyclic) bond motifs is 1. The van der Waals surface area contributed by atoms with Crippen molar-refractivity contribution in [2.75, 3.05) is 21.6 Å². The first-order chi connectivity index (χ1) is 43.7. The molecule has 96 heavy (non-hydrogen) atoms. The van der Waals surface area contributed by atoms with Gasteiger partial charge in [0.2, 0.25) is 22.3 Å². The first-order valence-corrected chi connectivity index (χ1v) is 34.5. The highest BCUT2D eigenvalue weighted by Gasteiger charge is 2.26. The van der Waals surface area contributed by atoms with Gasteiger partial charge in [0.1, 0.15) is 28.7 Å². The molecular weight excluding hydrogens is 1220 g/mol. The van der Waals surface area contributed by atoms with E-state index in [1.165, 1.54) is 34.4 Å². The van der Waals surface area contributed by atoms with Crippen LogP contribution in [0.1, 0.15) is 232 Å². The Hall–Kier alpha value is -7.92. The number of benzene rings is 6. The predicted molar refractivity (Wildman–Crippen MR) is 400 cm³/mol. The molecule has 6 aromatic carbocycles. The number of sulfonamides is 1. The zero-order chi connectivity index (χ0) is 74.5. The van der Waals surface area contributed by atoms with E-state index in [4.69, 9.17) is 10.2 Å². The van der Waals surface area contributed by atoms with Crippen LogP contribution in [0.2, 0.25) is 0 Å². The Morgan fingerprint density at radius 2 is 0.906 bits per heavy atom. The van der Waals surface area contributed by atoms with Crippen LogP contribution in [-0.2, 0) is 77.2 Å². The van der Waals surface area contributed by atoms with Gasteiger partial charge in [0.25, 0.3) is 0 Å². The third kappa shape index (κ3) is 29.6. The molecule has 2 amide bonds. The van der Waals surface area contributed by atoms with E-state index in [0.717, 1.165) is 62.3 Å². The van der Waals surface area contributed by atoms with Gasteiger partial charge in [0, 0.05) is 22.9 Å². The first-order valence-electron chi connectivity index (χ1n) is 32.6. The molecule has 0 bridgehead atoms. The highest BCUT2D eigenvalue weighted by Crippen LogP contribution is 2.36. The number of hydrogen-bond acceptors (Lipinski definition) is 12. The normalized spacial score (nSPS) is 12.1. The molecule has 1 aromatic heterocycles. The molecule has 0 spiro atoms. The third-order valence-corrected chi connectivity index (χ3v) is 15.8. The SMILES string of the molecule is CC.CC(C)(C)c1cc(O)cc(O)c1.CC(C)(C)c1ccc(O)c(NC=O)c1.CC(C)(C)c1ccc(O)c(NS(C)(=O)=O)c1.CC(C)(C)c1cccc2c1CC(=O)N2.Cc1ccc(C(C)(C)C)cc1CO.Cc1ccc(C(C)(C)C)cc1O.Cc1ccc(C(C)(C)C)nc1CO. The number of aryl methyl sites for hydroxylation is 3. The molecule has 0 radical (unpaired) electrons. The van der Waals surface area contributed by atoms with E-state index >= 15 is 0 Å². The second-order valence-corrected chi connectivity index (χ2v) is 32.8. The molecule has 16 heteroatoms. The minimum Gasteiger partial charge on any atom is -0.508 e. The highest BCUT2D eigenvalue weighted by molar-refractivity contribution is 7.92. The Bertz CT molecular complexity index is 3670. The lowest BCUT2D eigenvalue weighted by molar-refractivity contribution is -0.115. The summed E-state index contributed by atoms with van der Waals surface area (Å²) in [6.45, 7) is 54.2. The maximum Gasteiger partial charge on any atom is 0.229 e. The van der Waals surface area contributed by atoms with Gasteiger partial charge in [0.15, 0.2) is 0 Å². The Morgan fingerprint density at radius 1 is 0.479 bits per heavy atom. The van der Waals surface area contributed by atoms with E-state index in [2.05, 4.69) is 155 Å². The molecule has 0 saturated heterocycles. The van der Waals surface area contributed by atoms with Gasteiger partial charge in [-0.15, -0.1) is 0 Å². The predicted octanol–water partition coefficient (Wildman–Crippen LogP) is 18.2. The quantitative estimate of drug-likeness (QED) is 0.0551. The first kappa shape index (κ1) is 86.1. The zero-order valence-corrected chi connectivity index (χ0v) is 63.7. The summed E-state index contributed by atoms with van der Waals surface area (Å²) in [6.07, 6.45) is 2.14. The summed E-state index contributed by atoms with van der Waals surface area (Å²) in [5.41, 5.74) is 15.8. The lowest BCUT2D eigenvalue weighted by atomic mass is 9.83. The van der Waals surface area contributed by atoms with E-state index in [0.29, 0.717) is 24.3 Å². The Labute approximate surface area is 577 Å². The Balaban J connectivity index is 0.000000558. The van der Waals surface area contributed by atoms with Crippen molar-refractivity contribution in [2.24, 2.45) is 0 Å². The number of carbonyl (C=O) groups is 2. The number of phenols is 5. The Kier molecular flexibility index (Phi) is 32.2. The van der Waals surface area contributed by atoms with Crippen molar-refractivity contribution in [2.45, 2.75) is 238 Å². The van der Waals surface area contributed by atoms with Crippen molar-refractivity contribution < 1.29 is 53.8 Å². The fourth-order valence-electron chi connectivity index (χ4n) is 8.98. The molecule has 2 heterocycles. The number of aliphatic hydroxyl groups is 2. The average Bonchev–Trinajstić information content (AvgIpc) is 1.64. The van der Waals surface area contributed by atoms with Crippen LogP contribution in [0.4, 0.5) is 17.1 Å². The van der Waals surface area contributed by atoms with Crippen molar-refractivity contribution in [1.82, 2.24) is 4.98 Å². The van der Waals surface area contributed by atoms with E-state index in [1.54, 1.807) is 36.4 Å². The van der Waals surface area contributed by atoms with Crippen molar-refractivity contribution >= 4 is 39.4 Å². The van der Waals surface area contributed by atoms with E-state index < -0.39 is 10.0 Å². The average molecular weight is 1340 g/mol.